The number of alkyl carbamates (subject to hydrolysis) is 1. The summed E-state index contributed by atoms with van der Waals surface area (Å²) in [5.41, 5.74) is -0.410. The van der Waals surface area contributed by atoms with E-state index < -0.39 is 5.60 Å². The van der Waals surface area contributed by atoms with Gasteiger partial charge in [-0.3, -0.25) is 0 Å². The monoisotopic (exact) mass is 255 g/mol. The molecule has 0 radical (unpaired) electrons. The molecule has 1 rings (SSSR count). The Morgan fingerprint density at radius 2 is 1.89 bits per heavy atom. The summed E-state index contributed by atoms with van der Waals surface area (Å²) in [5, 5.41) is 2.91. The molecule has 1 aliphatic rings. The number of hydrogen-bond donors (Lipinski definition) is 1. The van der Waals surface area contributed by atoms with Crippen molar-refractivity contribution in [2.45, 2.75) is 84.3 Å². The van der Waals surface area contributed by atoms with Crippen LogP contribution in [0.1, 0.15) is 72.6 Å². The fraction of sp³-hybridized carbons (Fsp3) is 0.933. The lowest BCUT2D eigenvalue weighted by molar-refractivity contribution is 0.0504. The van der Waals surface area contributed by atoms with Crippen molar-refractivity contribution in [3.05, 3.63) is 0 Å². The molecule has 1 aliphatic carbocycles. The van der Waals surface area contributed by atoms with E-state index in [1.54, 1.807) is 0 Å². The lowest BCUT2D eigenvalue weighted by Gasteiger charge is -2.24. The number of carbonyl (C=O) groups is 1. The average molecular weight is 255 g/mol. The SMILES string of the molecule is CC(CCC1CCCCC1)NC(=O)OC(C)(C)C. The fourth-order valence-corrected chi connectivity index (χ4v) is 2.54. The number of rotatable bonds is 4. The molecule has 0 heterocycles. The second kappa shape index (κ2) is 7.01. The summed E-state index contributed by atoms with van der Waals surface area (Å²) in [5.74, 6) is 0.877. The molecule has 1 atom stereocenters. The molecule has 18 heavy (non-hydrogen) atoms. The van der Waals surface area contributed by atoms with Gasteiger partial charge in [-0.05, 0) is 46.5 Å². The van der Waals surface area contributed by atoms with E-state index in [4.69, 9.17) is 4.74 Å². The molecular formula is C15H29NO2. The van der Waals surface area contributed by atoms with E-state index in [1.165, 1.54) is 38.5 Å². The third kappa shape index (κ3) is 6.87. The summed E-state index contributed by atoms with van der Waals surface area (Å²) in [7, 11) is 0. The van der Waals surface area contributed by atoms with Gasteiger partial charge >= 0.3 is 6.09 Å². The predicted octanol–water partition coefficient (Wildman–Crippen LogP) is 4.26. The molecule has 0 saturated heterocycles. The van der Waals surface area contributed by atoms with Crippen LogP contribution in [-0.2, 0) is 4.74 Å². The molecule has 106 valence electrons. The first-order valence-electron chi connectivity index (χ1n) is 7.36. The molecule has 0 spiro atoms. The summed E-state index contributed by atoms with van der Waals surface area (Å²) >= 11 is 0. The van der Waals surface area contributed by atoms with Crippen LogP contribution in [-0.4, -0.2) is 17.7 Å². The van der Waals surface area contributed by atoms with Crippen LogP contribution in [0, 0.1) is 5.92 Å². The van der Waals surface area contributed by atoms with Crippen molar-refractivity contribution in [1.82, 2.24) is 5.32 Å². The highest BCUT2D eigenvalue weighted by Crippen LogP contribution is 2.27. The zero-order valence-electron chi connectivity index (χ0n) is 12.4. The number of carbonyl (C=O) groups excluding carboxylic acids is 1. The van der Waals surface area contributed by atoms with Gasteiger partial charge in [-0.25, -0.2) is 4.79 Å². The topological polar surface area (TPSA) is 38.3 Å². The lowest BCUT2D eigenvalue weighted by atomic mass is 9.85. The van der Waals surface area contributed by atoms with Gasteiger partial charge < -0.3 is 10.1 Å². The van der Waals surface area contributed by atoms with E-state index in [9.17, 15) is 4.79 Å². The molecular weight excluding hydrogens is 226 g/mol. The van der Waals surface area contributed by atoms with Crippen LogP contribution in [0.5, 0.6) is 0 Å². The summed E-state index contributed by atoms with van der Waals surface area (Å²) in [6.07, 6.45) is 8.93. The Labute approximate surface area is 112 Å². The maximum atomic E-state index is 11.6. The molecule has 1 fully saturated rings. The summed E-state index contributed by atoms with van der Waals surface area (Å²) < 4.78 is 5.25. The predicted molar refractivity (Wildman–Crippen MR) is 74.6 cm³/mol. The minimum atomic E-state index is -0.410. The van der Waals surface area contributed by atoms with Gasteiger partial charge in [-0.1, -0.05) is 32.1 Å². The summed E-state index contributed by atoms with van der Waals surface area (Å²) in [6, 6.07) is 0.210. The normalized spacial score (nSPS) is 19.3. The Bertz CT molecular complexity index is 252. The molecule has 0 bridgehead atoms. The van der Waals surface area contributed by atoms with E-state index in [0.29, 0.717) is 0 Å². The van der Waals surface area contributed by atoms with Gasteiger partial charge in [0.2, 0.25) is 0 Å². The van der Waals surface area contributed by atoms with E-state index in [0.717, 1.165) is 12.3 Å². The summed E-state index contributed by atoms with van der Waals surface area (Å²) in [6.45, 7) is 7.73. The zero-order valence-corrected chi connectivity index (χ0v) is 12.4. The molecule has 0 aromatic rings. The minimum absolute atomic E-state index is 0.210. The van der Waals surface area contributed by atoms with Gasteiger partial charge in [-0.2, -0.15) is 0 Å². The Hall–Kier alpha value is -0.730. The number of hydrogen-bond acceptors (Lipinski definition) is 2. The van der Waals surface area contributed by atoms with E-state index in [2.05, 4.69) is 12.2 Å². The van der Waals surface area contributed by atoms with Crippen molar-refractivity contribution in [3.63, 3.8) is 0 Å². The molecule has 1 unspecified atom stereocenters. The largest absolute Gasteiger partial charge is 0.444 e. The molecule has 0 aromatic heterocycles. The fourth-order valence-electron chi connectivity index (χ4n) is 2.54. The van der Waals surface area contributed by atoms with Crippen LogP contribution in [0.15, 0.2) is 0 Å². The van der Waals surface area contributed by atoms with E-state index >= 15 is 0 Å². The van der Waals surface area contributed by atoms with Crippen LogP contribution in [0.2, 0.25) is 0 Å². The lowest BCUT2D eigenvalue weighted by Crippen LogP contribution is -2.37. The highest BCUT2D eigenvalue weighted by molar-refractivity contribution is 5.67. The van der Waals surface area contributed by atoms with Crippen molar-refractivity contribution in [2.24, 2.45) is 5.92 Å². The first kappa shape index (κ1) is 15.3. The molecule has 1 amide bonds. The first-order valence-corrected chi connectivity index (χ1v) is 7.36. The van der Waals surface area contributed by atoms with Crippen molar-refractivity contribution in [2.75, 3.05) is 0 Å². The molecule has 1 N–H and O–H groups in total. The average Bonchev–Trinajstić information content (AvgIpc) is 2.25. The standard InChI is InChI=1S/C15H29NO2/c1-12(16-14(17)18-15(2,3)4)10-11-13-8-6-5-7-9-13/h12-13H,5-11H2,1-4H3,(H,16,17). The van der Waals surface area contributed by atoms with Gasteiger partial charge in [0.1, 0.15) is 5.60 Å². The Kier molecular flexibility index (Phi) is 5.97. The first-order chi connectivity index (χ1) is 8.37. The number of amides is 1. The van der Waals surface area contributed by atoms with E-state index in [-0.39, 0.29) is 12.1 Å². The molecule has 1 saturated carbocycles. The van der Waals surface area contributed by atoms with Crippen LogP contribution < -0.4 is 5.32 Å². The Balaban J connectivity index is 2.16. The minimum Gasteiger partial charge on any atom is -0.444 e. The molecule has 3 heteroatoms. The van der Waals surface area contributed by atoms with Crippen LogP contribution in [0.3, 0.4) is 0 Å². The van der Waals surface area contributed by atoms with Crippen molar-refractivity contribution >= 4 is 6.09 Å². The van der Waals surface area contributed by atoms with Crippen molar-refractivity contribution in [1.29, 1.82) is 0 Å². The third-order valence-corrected chi connectivity index (χ3v) is 3.50. The number of ether oxygens (including phenoxy) is 1. The number of nitrogens with one attached hydrogen (secondary N) is 1. The van der Waals surface area contributed by atoms with Gasteiger partial charge in [0, 0.05) is 6.04 Å². The maximum Gasteiger partial charge on any atom is 0.407 e. The van der Waals surface area contributed by atoms with Crippen molar-refractivity contribution < 1.29 is 9.53 Å². The third-order valence-electron chi connectivity index (χ3n) is 3.50. The molecule has 0 aromatic carbocycles. The quantitative estimate of drug-likeness (QED) is 0.815. The zero-order chi connectivity index (χ0) is 13.6. The van der Waals surface area contributed by atoms with Crippen LogP contribution >= 0.6 is 0 Å². The maximum absolute atomic E-state index is 11.6. The summed E-state index contributed by atoms with van der Waals surface area (Å²) in [4.78, 5) is 11.6. The Morgan fingerprint density at radius 3 is 2.44 bits per heavy atom. The van der Waals surface area contributed by atoms with Gasteiger partial charge in [0.05, 0.1) is 0 Å². The highest BCUT2D eigenvalue weighted by atomic mass is 16.6. The highest BCUT2D eigenvalue weighted by Gasteiger charge is 2.19. The Morgan fingerprint density at radius 1 is 1.28 bits per heavy atom. The van der Waals surface area contributed by atoms with Crippen molar-refractivity contribution in [3.8, 4) is 0 Å². The molecule has 0 aliphatic heterocycles. The van der Waals surface area contributed by atoms with Gasteiger partial charge in [0.15, 0.2) is 0 Å². The smallest absolute Gasteiger partial charge is 0.407 e. The van der Waals surface area contributed by atoms with Crippen LogP contribution in [0.4, 0.5) is 4.79 Å². The van der Waals surface area contributed by atoms with Gasteiger partial charge in [0.25, 0.3) is 0 Å². The second-order valence-corrected chi connectivity index (χ2v) is 6.63. The second-order valence-electron chi connectivity index (χ2n) is 6.63. The molecule has 3 nitrogen and oxygen atoms in total. The van der Waals surface area contributed by atoms with Crippen LogP contribution in [0.25, 0.3) is 0 Å². The van der Waals surface area contributed by atoms with E-state index in [1.807, 2.05) is 20.8 Å². The van der Waals surface area contributed by atoms with Gasteiger partial charge in [-0.15, -0.1) is 0 Å².